The van der Waals surface area contributed by atoms with Crippen LogP contribution in [0.1, 0.15) is 20.8 Å². The van der Waals surface area contributed by atoms with Gasteiger partial charge in [0.2, 0.25) is 11.2 Å². The quantitative estimate of drug-likeness (QED) is 0.444. The Kier molecular flexibility index (Phi) is 6.59. The van der Waals surface area contributed by atoms with Crippen molar-refractivity contribution in [3.63, 3.8) is 0 Å². The van der Waals surface area contributed by atoms with Gasteiger partial charge in [0, 0.05) is 6.07 Å². The minimum Gasteiger partial charge on any atom is -0.479 e. The number of benzene rings is 2. The summed E-state index contributed by atoms with van der Waals surface area (Å²) in [5.41, 5.74) is 0.0210. The number of ether oxygens (including phenoxy) is 3. The number of para-hydroxylation sites is 1. The molecular weight excluding hydrogens is 440 g/mol. The van der Waals surface area contributed by atoms with Gasteiger partial charge in [-0.3, -0.25) is 4.79 Å². The maximum atomic E-state index is 12.7. The molecule has 1 unspecified atom stereocenters. The molecule has 0 fully saturated rings. The molecule has 0 aliphatic heterocycles. The molecule has 1 atom stereocenters. The minimum atomic E-state index is -0.782. The Labute approximate surface area is 176 Å². The lowest BCUT2D eigenvalue weighted by Gasteiger charge is -2.15. The van der Waals surface area contributed by atoms with Crippen LogP contribution in [0.25, 0.3) is 11.0 Å². The zero-order chi connectivity index (χ0) is 21.0. The molecule has 0 spiro atoms. The average Bonchev–Trinajstić information content (AvgIpc) is 2.69. The van der Waals surface area contributed by atoms with Crippen molar-refractivity contribution in [2.45, 2.75) is 26.9 Å². The smallest absolute Gasteiger partial charge is 0.347 e. The van der Waals surface area contributed by atoms with Crippen molar-refractivity contribution in [3.8, 4) is 17.2 Å². The first kappa shape index (κ1) is 20.9. The fraction of sp³-hybridized carbons (Fsp3) is 0.273. The summed E-state index contributed by atoms with van der Waals surface area (Å²) in [5, 5.41) is 0.344. The second-order valence-electron chi connectivity index (χ2n) is 6.90. The summed E-state index contributed by atoms with van der Waals surface area (Å²) in [6, 6.07) is 12.0. The van der Waals surface area contributed by atoms with Crippen LogP contribution in [0.15, 0.2) is 62.4 Å². The van der Waals surface area contributed by atoms with E-state index < -0.39 is 12.1 Å². The van der Waals surface area contributed by atoms with Crippen molar-refractivity contribution in [3.05, 3.63) is 63.4 Å². The van der Waals surface area contributed by atoms with Crippen LogP contribution in [0.2, 0.25) is 0 Å². The van der Waals surface area contributed by atoms with Crippen LogP contribution in [0.5, 0.6) is 17.2 Å². The van der Waals surface area contributed by atoms with Crippen LogP contribution >= 0.6 is 15.9 Å². The largest absolute Gasteiger partial charge is 0.479 e. The third-order valence-electron chi connectivity index (χ3n) is 3.97. The maximum absolute atomic E-state index is 12.7. The molecule has 1 aromatic heterocycles. The number of rotatable bonds is 7. The lowest BCUT2D eigenvalue weighted by Crippen LogP contribution is -2.27. The highest BCUT2D eigenvalue weighted by atomic mass is 79.9. The molecule has 1 heterocycles. The van der Waals surface area contributed by atoms with E-state index in [2.05, 4.69) is 15.9 Å². The molecule has 0 N–H and O–H groups in total. The summed E-state index contributed by atoms with van der Waals surface area (Å²) >= 11 is 3.38. The van der Waals surface area contributed by atoms with Crippen molar-refractivity contribution in [2.24, 2.45) is 5.92 Å². The summed E-state index contributed by atoms with van der Waals surface area (Å²) in [4.78, 5) is 24.7. The van der Waals surface area contributed by atoms with E-state index in [0.29, 0.717) is 29.1 Å². The molecule has 0 aliphatic carbocycles. The van der Waals surface area contributed by atoms with Crippen molar-refractivity contribution in [1.82, 2.24) is 0 Å². The second kappa shape index (κ2) is 9.13. The molecule has 0 saturated heterocycles. The molecule has 0 bridgehead atoms. The monoisotopic (exact) mass is 460 g/mol. The Morgan fingerprint density at radius 3 is 2.59 bits per heavy atom. The van der Waals surface area contributed by atoms with Gasteiger partial charge in [-0.05, 0) is 53.0 Å². The molecule has 0 amide bonds. The summed E-state index contributed by atoms with van der Waals surface area (Å²) in [5.74, 6) is 0.775. The normalized spacial score (nSPS) is 12.0. The zero-order valence-electron chi connectivity index (χ0n) is 16.3. The average molecular weight is 461 g/mol. The van der Waals surface area contributed by atoms with Gasteiger partial charge in [-0.15, -0.1) is 0 Å². The summed E-state index contributed by atoms with van der Waals surface area (Å²) in [6.07, 6.45) is 0.477. The van der Waals surface area contributed by atoms with E-state index in [0.717, 1.165) is 4.47 Å². The third kappa shape index (κ3) is 5.17. The number of hydrogen-bond donors (Lipinski definition) is 0. The van der Waals surface area contributed by atoms with Gasteiger partial charge < -0.3 is 18.6 Å². The standard InChI is InChI=1S/C22H21BrO6/c1-13(2)11-27-22(25)14(3)28-15-8-9-16-19(10-15)26-12-20(21(16)24)29-18-7-5-4-6-17(18)23/h4-10,12-14H,11H2,1-3H3. The first-order valence-corrected chi connectivity index (χ1v) is 9.95. The summed E-state index contributed by atoms with van der Waals surface area (Å²) in [7, 11) is 0. The van der Waals surface area contributed by atoms with E-state index in [1.165, 1.54) is 6.26 Å². The van der Waals surface area contributed by atoms with Gasteiger partial charge >= 0.3 is 5.97 Å². The van der Waals surface area contributed by atoms with Crippen LogP contribution in [0, 0.1) is 5.92 Å². The highest BCUT2D eigenvalue weighted by Crippen LogP contribution is 2.29. The molecule has 152 valence electrons. The maximum Gasteiger partial charge on any atom is 0.347 e. The Hall–Kier alpha value is -2.80. The second-order valence-corrected chi connectivity index (χ2v) is 7.76. The number of hydrogen-bond acceptors (Lipinski definition) is 6. The van der Waals surface area contributed by atoms with Crippen LogP contribution in [0.3, 0.4) is 0 Å². The van der Waals surface area contributed by atoms with Crippen LogP contribution in [-0.2, 0) is 9.53 Å². The number of carbonyl (C=O) groups is 1. The molecule has 3 rings (SSSR count). The lowest BCUT2D eigenvalue weighted by atomic mass is 10.2. The van der Waals surface area contributed by atoms with Gasteiger partial charge in [0.05, 0.1) is 16.5 Å². The predicted molar refractivity (Wildman–Crippen MR) is 113 cm³/mol. The molecule has 7 heteroatoms. The Bertz CT molecular complexity index is 1070. The molecule has 3 aromatic rings. The van der Waals surface area contributed by atoms with Crippen LogP contribution in [0.4, 0.5) is 0 Å². The molecule has 2 aromatic carbocycles. The van der Waals surface area contributed by atoms with Crippen LogP contribution < -0.4 is 14.9 Å². The van der Waals surface area contributed by atoms with E-state index in [1.807, 2.05) is 26.0 Å². The Morgan fingerprint density at radius 2 is 1.86 bits per heavy atom. The van der Waals surface area contributed by atoms with Crippen LogP contribution in [-0.4, -0.2) is 18.7 Å². The zero-order valence-corrected chi connectivity index (χ0v) is 17.9. The van der Waals surface area contributed by atoms with Crippen molar-refractivity contribution in [1.29, 1.82) is 0 Å². The first-order chi connectivity index (χ1) is 13.8. The molecule has 29 heavy (non-hydrogen) atoms. The van der Waals surface area contributed by atoms with Crippen molar-refractivity contribution < 1.29 is 23.4 Å². The minimum absolute atomic E-state index is 0.0729. The van der Waals surface area contributed by atoms with E-state index in [-0.39, 0.29) is 17.1 Å². The summed E-state index contributed by atoms with van der Waals surface area (Å²) < 4.78 is 22.8. The molecule has 0 aliphatic rings. The van der Waals surface area contributed by atoms with Gasteiger partial charge in [-0.2, -0.15) is 0 Å². The topological polar surface area (TPSA) is 75.0 Å². The summed E-state index contributed by atoms with van der Waals surface area (Å²) in [6.45, 7) is 5.86. The van der Waals surface area contributed by atoms with Gasteiger partial charge in [0.15, 0.2) is 6.10 Å². The van der Waals surface area contributed by atoms with Gasteiger partial charge in [0.1, 0.15) is 23.3 Å². The first-order valence-electron chi connectivity index (χ1n) is 9.16. The van der Waals surface area contributed by atoms with Gasteiger partial charge in [0.25, 0.3) is 0 Å². The van der Waals surface area contributed by atoms with Crippen molar-refractivity contribution >= 4 is 32.9 Å². The number of halogens is 1. The third-order valence-corrected chi connectivity index (χ3v) is 4.63. The highest BCUT2D eigenvalue weighted by Gasteiger charge is 2.18. The van der Waals surface area contributed by atoms with Gasteiger partial charge in [-0.25, -0.2) is 4.79 Å². The molecular formula is C22H21BrO6. The Balaban J connectivity index is 1.78. The number of fused-ring (bicyclic) bond motifs is 1. The predicted octanol–water partition coefficient (Wildman–Crippen LogP) is 5.31. The lowest BCUT2D eigenvalue weighted by molar-refractivity contribution is -0.152. The molecule has 0 saturated carbocycles. The highest BCUT2D eigenvalue weighted by molar-refractivity contribution is 9.10. The molecule has 6 nitrogen and oxygen atoms in total. The van der Waals surface area contributed by atoms with E-state index >= 15 is 0 Å². The number of carbonyl (C=O) groups excluding carboxylic acids is 1. The van der Waals surface area contributed by atoms with Crippen molar-refractivity contribution in [2.75, 3.05) is 6.61 Å². The fourth-order valence-electron chi connectivity index (χ4n) is 2.50. The SMILES string of the molecule is CC(C)COC(=O)C(C)Oc1ccc2c(=O)c(Oc3ccccc3Br)coc2c1. The van der Waals surface area contributed by atoms with E-state index in [1.54, 1.807) is 37.3 Å². The van der Waals surface area contributed by atoms with E-state index in [4.69, 9.17) is 18.6 Å². The Morgan fingerprint density at radius 1 is 1.10 bits per heavy atom. The number of esters is 1. The molecule has 0 radical (unpaired) electrons. The fourth-order valence-corrected chi connectivity index (χ4v) is 2.86. The van der Waals surface area contributed by atoms with E-state index in [9.17, 15) is 9.59 Å². The van der Waals surface area contributed by atoms with Gasteiger partial charge in [-0.1, -0.05) is 26.0 Å².